The highest BCUT2D eigenvalue weighted by Gasteiger charge is 2.33. The summed E-state index contributed by atoms with van der Waals surface area (Å²) < 4.78 is 48.8. The molecule has 0 radical (unpaired) electrons. The molecule has 3 N–H and O–H groups in total. The largest absolute Gasteiger partial charge is 0.496 e. The zero-order valence-corrected chi connectivity index (χ0v) is 19.0. The van der Waals surface area contributed by atoms with Crippen LogP contribution in [0.15, 0.2) is 55.2 Å². The zero-order chi connectivity index (χ0) is 25.4. The van der Waals surface area contributed by atoms with Gasteiger partial charge in [0.15, 0.2) is 11.5 Å². The van der Waals surface area contributed by atoms with Gasteiger partial charge >= 0.3 is 6.18 Å². The normalized spacial score (nSPS) is 11.9. The first kappa shape index (κ1) is 23.4. The van der Waals surface area contributed by atoms with E-state index in [0.29, 0.717) is 23.4 Å². The predicted octanol–water partition coefficient (Wildman–Crippen LogP) is 3.11. The number of nitrogens with two attached hydrogens (primary N) is 1. The van der Waals surface area contributed by atoms with Gasteiger partial charge in [-0.15, -0.1) is 0 Å². The van der Waals surface area contributed by atoms with Crippen molar-refractivity contribution in [2.75, 3.05) is 19.5 Å². The number of aliphatic hydroxyl groups excluding tert-OH is 1. The van der Waals surface area contributed by atoms with E-state index in [-0.39, 0.29) is 19.0 Å². The predicted molar refractivity (Wildman–Crippen MR) is 124 cm³/mol. The van der Waals surface area contributed by atoms with Gasteiger partial charge in [-0.05, 0) is 23.8 Å². The Morgan fingerprint density at radius 2 is 1.92 bits per heavy atom. The standard InChI is InChI=1S/C23H21F3N8O2/c1-36-19-8-14(2-3-15(19)11-33-5-4-20(31-33)23(24,25)26)17-9-18(16-10-29-32(12-16)6-7-35)34-21(17)22(27)28-13-30-34/h2-5,8-10,12-13,35H,6-7,11H2,1H3,(H2,27,28,30). The molecule has 4 heterocycles. The lowest BCUT2D eigenvalue weighted by Crippen LogP contribution is -2.09. The Balaban J connectivity index is 1.55. The summed E-state index contributed by atoms with van der Waals surface area (Å²) in [6.07, 6.45) is 1.59. The molecule has 36 heavy (non-hydrogen) atoms. The van der Waals surface area contributed by atoms with Crippen molar-refractivity contribution >= 4 is 11.3 Å². The molecule has 0 unspecified atom stereocenters. The summed E-state index contributed by atoms with van der Waals surface area (Å²) in [5.41, 5.74) is 9.47. The number of hydrogen-bond acceptors (Lipinski definition) is 7. The highest BCUT2D eigenvalue weighted by molar-refractivity contribution is 5.92. The van der Waals surface area contributed by atoms with Crippen LogP contribution in [0.25, 0.3) is 27.9 Å². The average Bonchev–Trinajstić information content (AvgIpc) is 3.58. The summed E-state index contributed by atoms with van der Waals surface area (Å²) in [5.74, 6) is 0.747. The number of anilines is 1. The smallest absolute Gasteiger partial charge is 0.435 e. The third-order valence-electron chi connectivity index (χ3n) is 5.70. The van der Waals surface area contributed by atoms with Crippen molar-refractivity contribution in [3.8, 4) is 28.1 Å². The van der Waals surface area contributed by atoms with Gasteiger partial charge in [0, 0.05) is 29.1 Å². The van der Waals surface area contributed by atoms with Gasteiger partial charge in [0.05, 0.1) is 38.7 Å². The molecule has 186 valence electrons. The Morgan fingerprint density at radius 3 is 2.64 bits per heavy atom. The first-order valence-corrected chi connectivity index (χ1v) is 10.8. The minimum absolute atomic E-state index is 0.0431. The minimum Gasteiger partial charge on any atom is -0.496 e. The highest BCUT2D eigenvalue weighted by atomic mass is 19.4. The maximum absolute atomic E-state index is 12.9. The molecular weight excluding hydrogens is 477 g/mol. The van der Waals surface area contributed by atoms with Crippen LogP contribution in [0.1, 0.15) is 11.3 Å². The molecule has 0 aliphatic carbocycles. The van der Waals surface area contributed by atoms with Gasteiger partial charge in [-0.25, -0.2) is 9.50 Å². The van der Waals surface area contributed by atoms with Crippen LogP contribution < -0.4 is 10.5 Å². The van der Waals surface area contributed by atoms with Gasteiger partial charge in [-0.3, -0.25) is 9.36 Å². The van der Waals surface area contributed by atoms with Gasteiger partial charge < -0.3 is 15.6 Å². The number of benzene rings is 1. The zero-order valence-electron chi connectivity index (χ0n) is 19.0. The van der Waals surface area contributed by atoms with Gasteiger partial charge in [-0.1, -0.05) is 12.1 Å². The Bertz CT molecular complexity index is 1540. The molecule has 0 amide bonds. The van der Waals surface area contributed by atoms with Crippen molar-refractivity contribution in [3.63, 3.8) is 0 Å². The number of ether oxygens (including phenoxy) is 1. The van der Waals surface area contributed by atoms with Gasteiger partial charge in [0.25, 0.3) is 0 Å². The Hall–Kier alpha value is -4.39. The molecule has 0 aliphatic rings. The maximum atomic E-state index is 12.9. The summed E-state index contributed by atoms with van der Waals surface area (Å²) >= 11 is 0. The molecule has 5 aromatic rings. The van der Waals surface area contributed by atoms with Crippen LogP contribution in [0.2, 0.25) is 0 Å². The van der Waals surface area contributed by atoms with Crippen LogP contribution in [-0.2, 0) is 19.3 Å². The molecule has 1 aromatic carbocycles. The third-order valence-corrected chi connectivity index (χ3v) is 5.70. The number of halogens is 3. The van der Waals surface area contributed by atoms with Crippen LogP contribution in [0.3, 0.4) is 0 Å². The SMILES string of the molecule is COc1cc(-c2cc(-c3cnn(CCO)c3)n3ncnc(N)c23)ccc1Cn1ccc(C(F)(F)F)n1. The van der Waals surface area contributed by atoms with Crippen molar-refractivity contribution < 1.29 is 23.0 Å². The molecule has 0 atom stereocenters. The lowest BCUT2D eigenvalue weighted by Gasteiger charge is -2.11. The van der Waals surface area contributed by atoms with Crippen molar-refractivity contribution in [1.82, 2.24) is 34.2 Å². The van der Waals surface area contributed by atoms with E-state index in [9.17, 15) is 18.3 Å². The van der Waals surface area contributed by atoms with Crippen LogP contribution in [0.5, 0.6) is 5.75 Å². The molecule has 10 nitrogen and oxygen atoms in total. The van der Waals surface area contributed by atoms with Crippen LogP contribution >= 0.6 is 0 Å². The molecular formula is C23H21F3N8O2. The van der Waals surface area contributed by atoms with E-state index in [1.165, 1.54) is 24.3 Å². The molecule has 5 rings (SSSR count). The Labute approximate surface area is 202 Å². The number of alkyl halides is 3. The van der Waals surface area contributed by atoms with Gasteiger partial charge in [0.2, 0.25) is 0 Å². The number of nitrogens with zero attached hydrogens (tertiary/aromatic N) is 7. The van der Waals surface area contributed by atoms with Crippen molar-refractivity contribution in [1.29, 1.82) is 0 Å². The number of rotatable bonds is 7. The molecule has 13 heteroatoms. The Morgan fingerprint density at radius 1 is 1.08 bits per heavy atom. The monoisotopic (exact) mass is 498 g/mol. The van der Waals surface area contributed by atoms with E-state index in [1.54, 1.807) is 33.7 Å². The first-order valence-electron chi connectivity index (χ1n) is 10.8. The molecule has 0 saturated heterocycles. The summed E-state index contributed by atoms with van der Waals surface area (Å²) in [6.45, 7) is 0.405. The van der Waals surface area contributed by atoms with Crippen LogP contribution in [-0.4, -0.2) is 53.0 Å². The number of hydrogen-bond donors (Lipinski definition) is 2. The summed E-state index contributed by atoms with van der Waals surface area (Å²) in [7, 11) is 1.49. The van der Waals surface area contributed by atoms with E-state index < -0.39 is 11.9 Å². The van der Waals surface area contributed by atoms with E-state index >= 15 is 0 Å². The number of aromatic nitrogens is 7. The maximum Gasteiger partial charge on any atom is 0.435 e. The van der Waals surface area contributed by atoms with Gasteiger partial charge in [-0.2, -0.15) is 28.5 Å². The topological polar surface area (TPSA) is 121 Å². The number of nitrogen functional groups attached to an aromatic ring is 1. The Kier molecular flexibility index (Phi) is 5.84. The third kappa shape index (κ3) is 4.24. The molecule has 0 aliphatic heterocycles. The fraction of sp³-hybridized carbons (Fsp3) is 0.217. The molecule has 0 saturated carbocycles. The number of fused-ring (bicyclic) bond motifs is 1. The summed E-state index contributed by atoms with van der Waals surface area (Å²) in [4.78, 5) is 4.13. The second kappa shape index (κ2) is 9.00. The van der Waals surface area contributed by atoms with E-state index in [2.05, 4.69) is 20.3 Å². The van der Waals surface area contributed by atoms with Crippen molar-refractivity contribution in [2.45, 2.75) is 19.3 Å². The fourth-order valence-corrected chi connectivity index (χ4v) is 4.03. The van der Waals surface area contributed by atoms with E-state index in [4.69, 9.17) is 10.5 Å². The van der Waals surface area contributed by atoms with Crippen molar-refractivity contribution in [2.24, 2.45) is 0 Å². The lowest BCUT2D eigenvalue weighted by molar-refractivity contribution is -0.141. The molecule has 0 spiro atoms. The fourth-order valence-electron chi connectivity index (χ4n) is 4.03. The summed E-state index contributed by atoms with van der Waals surface area (Å²) in [6, 6.07) is 8.21. The first-order chi connectivity index (χ1) is 17.3. The quantitative estimate of drug-likeness (QED) is 0.354. The lowest BCUT2D eigenvalue weighted by atomic mass is 10.0. The molecule has 0 bridgehead atoms. The van der Waals surface area contributed by atoms with Gasteiger partial charge in [0.1, 0.15) is 17.6 Å². The second-order valence-corrected chi connectivity index (χ2v) is 7.99. The summed E-state index contributed by atoms with van der Waals surface area (Å²) in [5, 5.41) is 21.4. The highest BCUT2D eigenvalue weighted by Crippen LogP contribution is 2.37. The van der Waals surface area contributed by atoms with Crippen molar-refractivity contribution in [3.05, 3.63) is 66.5 Å². The number of methoxy groups -OCH3 is 1. The number of aliphatic hydroxyl groups is 1. The average molecular weight is 498 g/mol. The van der Waals surface area contributed by atoms with E-state index in [1.807, 2.05) is 12.1 Å². The minimum atomic E-state index is -4.51. The van der Waals surface area contributed by atoms with Crippen LogP contribution in [0, 0.1) is 0 Å². The molecule has 0 fully saturated rings. The second-order valence-electron chi connectivity index (χ2n) is 7.99. The van der Waals surface area contributed by atoms with Crippen LogP contribution in [0.4, 0.5) is 19.0 Å². The molecule has 4 aromatic heterocycles. The van der Waals surface area contributed by atoms with E-state index in [0.717, 1.165) is 28.5 Å².